The molecule has 0 saturated heterocycles. The van der Waals surface area contributed by atoms with Crippen LogP contribution >= 0.6 is 23.2 Å². The molecule has 5 nitrogen and oxygen atoms in total. The lowest BCUT2D eigenvalue weighted by Crippen LogP contribution is -2.16. The predicted octanol–water partition coefficient (Wildman–Crippen LogP) is 5.49. The molecule has 150 valence electrons. The summed E-state index contributed by atoms with van der Waals surface area (Å²) in [6.45, 7) is 1.88. The Morgan fingerprint density at radius 1 is 0.897 bits per heavy atom. The van der Waals surface area contributed by atoms with E-state index < -0.39 is 21.7 Å². The van der Waals surface area contributed by atoms with Crippen LogP contribution in [0, 0.1) is 12.7 Å². The molecule has 1 amide bonds. The fraction of sp³-hybridized carbons (Fsp3) is 0.0500. The number of amides is 1. The van der Waals surface area contributed by atoms with Gasteiger partial charge >= 0.3 is 0 Å². The second-order valence-corrected chi connectivity index (χ2v) is 8.66. The first kappa shape index (κ1) is 21.1. The normalized spacial score (nSPS) is 11.2. The smallest absolute Gasteiger partial charge is 0.263 e. The van der Waals surface area contributed by atoms with Gasteiger partial charge in [-0.1, -0.05) is 40.9 Å². The van der Waals surface area contributed by atoms with Crippen molar-refractivity contribution in [3.63, 3.8) is 0 Å². The molecular weight excluding hydrogens is 438 g/mol. The molecule has 0 spiro atoms. The van der Waals surface area contributed by atoms with E-state index in [2.05, 4.69) is 10.0 Å². The molecule has 0 aliphatic rings. The quantitative estimate of drug-likeness (QED) is 0.536. The number of carbonyl (C=O) groups is 1. The molecule has 0 unspecified atom stereocenters. The van der Waals surface area contributed by atoms with Crippen molar-refractivity contribution in [3.8, 4) is 0 Å². The topological polar surface area (TPSA) is 75.3 Å². The summed E-state index contributed by atoms with van der Waals surface area (Å²) < 4.78 is 41.2. The molecule has 0 bridgehead atoms. The van der Waals surface area contributed by atoms with E-state index >= 15 is 0 Å². The average Bonchev–Trinajstić information content (AvgIpc) is 2.66. The molecule has 0 aromatic heterocycles. The highest BCUT2D eigenvalue weighted by Gasteiger charge is 2.20. The van der Waals surface area contributed by atoms with Crippen molar-refractivity contribution in [3.05, 3.63) is 87.7 Å². The van der Waals surface area contributed by atoms with Gasteiger partial charge in [-0.15, -0.1) is 0 Å². The standard InChI is InChI=1S/C20H15Cl2FN2O3S/c1-12-2-5-14(6-3-12)25-29(27,28)19-10-13(4-8-16(19)21)20(26)24-15-7-9-18(23)17(22)11-15/h2-11,25H,1H3,(H,24,26). The van der Waals surface area contributed by atoms with Crippen molar-refractivity contribution in [2.75, 3.05) is 10.0 Å². The minimum absolute atomic E-state index is 0.0361. The van der Waals surface area contributed by atoms with Crippen molar-refractivity contribution in [1.82, 2.24) is 0 Å². The average molecular weight is 453 g/mol. The molecule has 29 heavy (non-hydrogen) atoms. The van der Waals surface area contributed by atoms with Gasteiger partial charge in [0, 0.05) is 16.9 Å². The minimum atomic E-state index is -4.03. The Balaban J connectivity index is 1.87. The lowest BCUT2D eigenvalue weighted by Gasteiger charge is -2.12. The van der Waals surface area contributed by atoms with Crippen LogP contribution in [0.25, 0.3) is 0 Å². The number of nitrogens with one attached hydrogen (secondary N) is 2. The molecule has 0 saturated carbocycles. The molecule has 0 heterocycles. The number of rotatable bonds is 5. The van der Waals surface area contributed by atoms with Crippen LogP contribution in [0.2, 0.25) is 10.0 Å². The molecule has 0 atom stereocenters. The first-order valence-corrected chi connectivity index (χ1v) is 10.5. The zero-order chi connectivity index (χ0) is 21.2. The van der Waals surface area contributed by atoms with Gasteiger partial charge in [0.15, 0.2) is 0 Å². The van der Waals surface area contributed by atoms with Crippen molar-refractivity contribution in [1.29, 1.82) is 0 Å². The van der Waals surface area contributed by atoms with Crippen LogP contribution in [0.5, 0.6) is 0 Å². The summed E-state index contributed by atoms with van der Waals surface area (Å²) in [6.07, 6.45) is 0. The lowest BCUT2D eigenvalue weighted by atomic mass is 10.2. The molecule has 9 heteroatoms. The van der Waals surface area contributed by atoms with Gasteiger partial charge in [-0.25, -0.2) is 12.8 Å². The van der Waals surface area contributed by atoms with E-state index in [4.69, 9.17) is 23.2 Å². The third-order valence-electron chi connectivity index (χ3n) is 3.96. The number of anilines is 2. The summed E-state index contributed by atoms with van der Waals surface area (Å²) in [5, 5.41) is 2.35. The van der Waals surface area contributed by atoms with Crippen LogP contribution in [0.1, 0.15) is 15.9 Å². The van der Waals surface area contributed by atoms with Gasteiger partial charge < -0.3 is 5.32 Å². The summed E-state index contributed by atoms with van der Waals surface area (Å²) in [7, 11) is -4.03. The van der Waals surface area contributed by atoms with Crippen LogP contribution in [-0.4, -0.2) is 14.3 Å². The Morgan fingerprint density at radius 2 is 1.55 bits per heavy atom. The van der Waals surface area contributed by atoms with Gasteiger partial charge in [0.25, 0.3) is 15.9 Å². The van der Waals surface area contributed by atoms with E-state index in [1.165, 1.54) is 30.3 Å². The first-order chi connectivity index (χ1) is 13.7. The van der Waals surface area contributed by atoms with E-state index in [1.54, 1.807) is 24.3 Å². The summed E-state index contributed by atoms with van der Waals surface area (Å²) in [6, 6.07) is 14.3. The molecule has 0 radical (unpaired) electrons. The Morgan fingerprint density at radius 3 is 2.21 bits per heavy atom. The minimum Gasteiger partial charge on any atom is -0.322 e. The Hall–Kier alpha value is -2.61. The van der Waals surface area contributed by atoms with Gasteiger partial charge in [-0.2, -0.15) is 0 Å². The second kappa shape index (κ2) is 8.41. The number of hydrogen-bond acceptors (Lipinski definition) is 3. The van der Waals surface area contributed by atoms with Crippen molar-refractivity contribution in [2.24, 2.45) is 0 Å². The van der Waals surface area contributed by atoms with Crippen molar-refractivity contribution < 1.29 is 17.6 Å². The monoisotopic (exact) mass is 452 g/mol. The fourth-order valence-electron chi connectivity index (χ4n) is 2.46. The largest absolute Gasteiger partial charge is 0.322 e. The molecule has 0 fully saturated rings. The number of aryl methyl sites for hydroxylation is 1. The Labute approximate surface area is 177 Å². The summed E-state index contributed by atoms with van der Waals surface area (Å²) in [5.41, 5.74) is 1.66. The van der Waals surface area contributed by atoms with Gasteiger partial charge in [-0.05, 0) is 55.5 Å². The molecule has 0 aliphatic carbocycles. The summed E-state index contributed by atoms with van der Waals surface area (Å²) in [5.74, 6) is -1.22. The Bertz CT molecular complexity index is 1180. The number of hydrogen-bond donors (Lipinski definition) is 2. The van der Waals surface area contributed by atoms with Crippen molar-refractivity contribution >= 4 is 50.5 Å². The van der Waals surface area contributed by atoms with E-state index in [-0.39, 0.29) is 26.2 Å². The first-order valence-electron chi connectivity index (χ1n) is 8.31. The molecule has 3 aromatic carbocycles. The number of sulfonamides is 1. The van der Waals surface area contributed by atoms with Crippen LogP contribution in [-0.2, 0) is 10.0 Å². The summed E-state index contributed by atoms with van der Waals surface area (Å²) in [4.78, 5) is 12.2. The zero-order valence-corrected chi connectivity index (χ0v) is 17.4. The highest BCUT2D eigenvalue weighted by Crippen LogP contribution is 2.26. The van der Waals surface area contributed by atoms with Gasteiger partial charge in [0.1, 0.15) is 10.7 Å². The zero-order valence-electron chi connectivity index (χ0n) is 15.0. The van der Waals surface area contributed by atoms with E-state index in [0.717, 1.165) is 11.6 Å². The molecule has 0 aliphatic heterocycles. The Kier molecular flexibility index (Phi) is 6.12. The molecule has 2 N–H and O–H groups in total. The van der Waals surface area contributed by atoms with Crippen molar-refractivity contribution in [2.45, 2.75) is 11.8 Å². The van der Waals surface area contributed by atoms with E-state index in [0.29, 0.717) is 5.69 Å². The number of halogens is 3. The predicted molar refractivity (Wildman–Crippen MR) is 113 cm³/mol. The third-order valence-corrected chi connectivity index (χ3v) is 6.12. The third kappa shape index (κ3) is 5.06. The maximum atomic E-state index is 13.3. The highest BCUT2D eigenvalue weighted by molar-refractivity contribution is 7.92. The van der Waals surface area contributed by atoms with E-state index in [1.807, 2.05) is 6.92 Å². The van der Waals surface area contributed by atoms with Gasteiger partial charge in [0.2, 0.25) is 0 Å². The highest BCUT2D eigenvalue weighted by atomic mass is 35.5. The number of benzene rings is 3. The van der Waals surface area contributed by atoms with Crippen LogP contribution in [0.4, 0.5) is 15.8 Å². The molecular formula is C20H15Cl2FN2O3S. The van der Waals surface area contributed by atoms with Gasteiger partial charge in [0.05, 0.1) is 10.0 Å². The SMILES string of the molecule is Cc1ccc(NS(=O)(=O)c2cc(C(=O)Nc3ccc(F)c(Cl)c3)ccc2Cl)cc1. The van der Waals surface area contributed by atoms with Crippen LogP contribution in [0.3, 0.4) is 0 Å². The number of carbonyl (C=O) groups excluding carboxylic acids is 1. The maximum absolute atomic E-state index is 13.3. The second-order valence-electron chi connectivity index (χ2n) is 6.20. The van der Waals surface area contributed by atoms with E-state index in [9.17, 15) is 17.6 Å². The lowest BCUT2D eigenvalue weighted by molar-refractivity contribution is 0.102. The maximum Gasteiger partial charge on any atom is 0.263 e. The summed E-state index contributed by atoms with van der Waals surface area (Å²) >= 11 is 11.8. The molecule has 3 rings (SSSR count). The molecule has 3 aromatic rings. The fourth-order valence-corrected chi connectivity index (χ4v) is 4.23. The van der Waals surface area contributed by atoms with Crippen LogP contribution in [0.15, 0.2) is 65.6 Å². The van der Waals surface area contributed by atoms with Gasteiger partial charge in [-0.3, -0.25) is 9.52 Å². The van der Waals surface area contributed by atoms with Crippen LogP contribution < -0.4 is 10.0 Å².